The topological polar surface area (TPSA) is 59.8 Å². The summed E-state index contributed by atoms with van der Waals surface area (Å²) in [7, 11) is 0. The third-order valence-corrected chi connectivity index (χ3v) is 4.10. The van der Waals surface area contributed by atoms with Gasteiger partial charge in [-0.25, -0.2) is 0 Å². The van der Waals surface area contributed by atoms with Crippen LogP contribution in [0.1, 0.15) is 18.3 Å². The molecule has 0 aliphatic rings. The molecule has 1 heterocycles. The second-order valence-electron chi connectivity index (χ2n) is 4.65. The van der Waals surface area contributed by atoms with Crippen LogP contribution in [0.25, 0.3) is 0 Å². The number of amides is 1. The van der Waals surface area contributed by atoms with Gasteiger partial charge in [-0.15, -0.1) is 10.2 Å². The van der Waals surface area contributed by atoms with E-state index in [-0.39, 0.29) is 5.91 Å². The standard InChI is InChI=1S/C15H20N4OS/c1-3-19-12(2)17-18-15(19)21-11-14(20)16-10-9-13-7-5-4-6-8-13/h4-8H,3,9-11H2,1-2H3,(H,16,20). The average molecular weight is 304 g/mol. The summed E-state index contributed by atoms with van der Waals surface area (Å²) in [4.78, 5) is 11.8. The molecule has 0 radical (unpaired) electrons. The van der Waals surface area contributed by atoms with E-state index < -0.39 is 0 Å². The summed E-state index contributed by atoms with van der Waals surface area (Å²) in [5.41, 5.74) is 1.23. The van der Waals surface area contributed by atoms with Crippen molar-refractivity contribution in [1.29, 1.82) is 0 Å². The Morgan fingerprint density at radius 3 is 2.76 bits per heavy atom. The SMILES string of the molecule is CCn1c(C)nnc1SCC(=O)NCCc1ccccc1. The molecule has 112 valence electrons. The number of nitrogens with one attached hydrogen (secondary N) is 1. The smallest absolute Gasteiger partial charge is 0.230 e. The first-order chi connectivity index (χ1) is 10.2. The predicted molar refractivity (Wildman–Crippen MR) is 84.3 cm³/mol. The van der Waals surface area contributed by atoms with Gasteiger partial charge in [-0.05, 0) is 25.8 Å². The number of nitrogens with zero attached hydrogens (tertiary/aromatic N) is 3. The molecule has 0 atom stereocenters. The minimum atomic E-state index is 0.0271. The molecule has 2 aromatic rings. The Hall–Kier alpha value is -1.82. The maximum Gasteiger partial charge on any atom is 0.230 e. The lowest BCUT2D eigenvalue weighted by molar-refractivity contribution is -0.118. The number of aromatic nitrogens is 3. The number of benzene rings is 1. The van der Waals surface area contributed by atoms with Gasteiger partial charge in [0.2, 0.25) is 5.91 Å². The summed E-state index contributed by atoms with van der Waals surface area (Å²) in [6.45, 7) is 5.43. The molecule has 0 aliphatic heterocycles. The number of hydrogen-bond acceptors (Lipinski definition) is 4. The van der Waals surface area contributed by atoms with Crippen molar-refractivity contribution in [3.05, 3.63) is 41.7 Å². The summed E-state index contributed by atoms with van der Waals surface area (Å²) >= 11 is 1.42. The van der Waals surface area contributed by atoms with Crippen LogP contribution in [0.5, 0.6) is 0 Å². The Kier molecular flexibility index (Phi) is 5.80. The van der Waals surface area contributed by atoms with E-state index in [0.717, 1.165) is 23.9 Å². The number of thioether (sulfide) groups is 1. The Morgan fingerprint density at radius 1 is 1.29 bits per heavy atom. The minimum Gasteiger partial charge on any atom is -0.355 e. The molecule has 1 amide bonds. The first-order valence-electron chi connectivity index (χ1n) is 7.04. The molecule has 6 heteroatoms. The molecule has 0 fully saturated rings. The predicted octanol–water partition coefficient (Wildman–Crippen LogP) is 2.06. The van der Waals surface area contributed by atoms with Gasteiger partial charge in [0.1, 0.15) is 5.82 Å². The first kappa shape index (κ1) is 15.6. The van der Waals surface area contributed by atoms with Crippen LogP contribution in [0.3, 0.4) is 0 Å². The molecule has 0 bridgehead atoms. The van der Waals surface area contributed by atoms with Crippen molar-refractivity contribution in [2.45, 2.75) is 32.0 Å². The van der Waals surface area contributed by atoms with E-state index in [1.165, 1.54) is 17.3 Å². The van der Waals surface area contributed by atoms with Gasteiger partial charge < -0.3 is 9.88 Å². The zero-order valence-electron chi connectivity index (χ0n) is 12.4. The number of hydrogen-bond donors (Lipinski definition) is 1. The second-order valence-corrected chi connectivity index (χ2v) is 5.59. The number of aryl methyl sites for hydroxylation is 1. The minimum absolute atomic E-state index is 0.0271. The fourth-order valence-electron chi connectivity index (χ4n) is 2.00. The summed E-state index contributed by atoms with van der Waals surface area (Å²) in [5, 5.41) is 11.8. The fraction of sp³-hybridized carbons (Fsp3) is 0.400. The van der Waals surface area contributed by atoms with E-state index in [9.17, 15) is 4.79 Å². The molecule has 1 aromatic carbocycles. The van der Waals surface area contributed by atoms with Crippen LogP contribution in [-0.2, 0) is 17.8 Å². The van der Waals surface area contributed by atoms with Crippen LogP contribution >= 0.6 is 11.8 Å². The molecule has 1 N–H and O–H groups in total. The highest BCUT2D eigenvalue weighted by atomic mass is 32.2. The molecule has 2 rings (SSSR count). The second kappa shape index (κ2) is 7.83. The normalized spacial score (nSPS) is 10.6. The first-order valence-corrected chi connectivity index (χ1v) is 8.02. The van der Waals surface area contributed by atoms with Gasteiger partial charge in [0.25, 0.3) is 0 Å². The zero-order chi connectivity index (χ0) is 15.1. The van der Waals surface area contributed by atoms with Gasteiger partial charge in [0, 0.05) is 13.1 Å². The van der Waals surface area contributed by atoms with Gasteiger partial charge in [-0.1, -0.05) is 42.1 Å². The van der Waals surface area contributed by atoms with Gasteiger partial charge in [0.05, 0.1) is 5.75 Å². The third-order valence-electron chi connectivity index (χ3n) is 3.13. The zero-order valence-corrected chi connectivity index (χ0v) is 13.2. The molecular formula is C15H20N4OS. The lowest BCUT2D eigenvalue weighted by Crippen LogP contribution is -2.27. The highest BCUT2D eigenvalue weighted by Gasteiger charge is 2.10. The van der Waals surface area contributed by atoms with Gasteiger partial charge >= 0.3 is 0 Å². The van der Waals surface area contributed by atoms with Crippen molar-refractivity contribution in [2.75, 3.05) is 12.3 Å². The van der Waals surface area contributed by atoms with Crippen LogP contribution in [-0.4, -0.2) is 33.0 Å². The fourth-order valence-corrected chi connectivity index (χ4v) is 2.88. The highest BCUT2D eigenvalue weighted by Crippen LogP contribution is 2.16. The van der Waals surface area contributed by atoms with E-state index in [1.54, 1.807) is 0 Å². The monoisotopic (exact) mass is 304 g/mol. The van der Waals surface area contributed by atoms with Gasteiger partial charge in [0.15, 0.2) is 5.16 Å². The average Bonchev–Trinajstić information content (AvgIpc) is 2.86. The Bertz CT molecular complexity index is 583. The molecule has 0 saturated heterocycles. The lowest BCUT2D eigenvalue weighted by Gasteiger charge is -2.06. The number of carbonyl (C=O) groups excluding carboxylic acids is 1. The van der Waals surface area contributed by atoms with Crippen LogP contribution in [0.15, 0.2) is 35.5 Å². The van der Waals surface area contributed by atoms with Gasteiger partial charge in [-0.2, -0.15) is 0 Å². The largest absolute Gasteiger partial charge is 0.355 e. The molecular weight excluding hydrogens is 284 g/mol. The van der Waals surface area contributed by atoms with E-state index in [1.807, 2.05) is 36.6 Å². The van der Waals surface area contributed by atoms with E-state index in [0.29, 0.717) is 12.3 Å². The van der Waals surface area contributed by atoms with Crippen molar-refractivity contribution < 1.29 is 4.79 Å². The van der Waals surface area contributed by atoms with Gasteiger partial charge in [-0.3, -0.25) is 4.79 Å². The summed E-state index contributed by atoms with van der Waals surface area (Å²) in [6.07, 6.45) is 0.849. The molecule has 21 heavy (non-hydrogen) atoms. The van der Waals surface area contributed by atoms with Crippen molar-refractivity contribution in [3.8, 4) is 0 Å². The van der Waals surface area contributed by atoms with Crippen molar-refractivity contribution in [3.63, 3.8) is 0 Å². The Balaban J connectivity index is 1.72. The molecule has 0 aliphatic carbocycles. The summed E-state index contributed by atoms with van der Waals surface area (Å²) in [5.74, 6) is 1.27. The summed E-state index contributed by atoms with van der Waals surface area (Å²) in [6, 6.07) is 10.1. The molecule has 0 saturated carbocycles. The quantitative estimate of drug-likeness (QED) is 0.795. The number of carbonyl (C=O) groups is 1. The van der Waals surface area contributed by atoms with E-state index in [2.05, 4.69) is 27.6 Å². The highest BCUT2D eigenvalue weighted by molar-refractivity contribution is 7.99. The molecule has 5 nitrogen and oxygen atoms in total. The summed E-state index contributed by atoms with van der Waals surface area (Å²) < 4.78 is 2.00. The van der Waals surface area contributed by atoms with Crippen molar-refractivity contribution in [2.24, 2.45) is 0 Å². The van der Waals surface area contributed by atoms with Crippen molar-refractivity contribution in [1.82, 2.24) is 20.1 Å². The Labute approximate surface area is 129 Å². The lowest BCUT2D eigenvalue weighted by atomic mass is 10.1. The Morgan fingerprint density at radius 2 is 2.05 bits per heavy atom. The van der Waals surface area contributed by atoms with Crippen LogP contribution < -0.4 is 5.32 Å². The maximum atomic E-state index is 11.8. The molecule has 1 aromatic heterocycles. The van der Waals surface area contributed by atoms with Crippen LogP contribution in [0.4, 0.5) is 0 Å². The maximum absolute atomic E-state index is 11.8. The van der Waals surface area contributed by atoms with E-state index in [4.69, 9.17) is 0 Å². The van der Waals surface area contributed by atoms with Crippen LogP contribution in [0, 0.1) is 6.92 Å². The van der Waals surface area contributed by atoms with E-state index >= 15 is 0 Å². The molecule has 0 unspecified atom stereocenters. The third kappa shape index (κ3) is 4.60. The van der Waals surface area contributed by atoms with Crippen molar-refractivity contribution >= 4 is 17.7 Å². The van der Waals surface area contributed by atoms with Crippen LogP contribution in [0.2, 0.25) is 0 Å². The molecule has 0 spiro atoms. The number of rotatable bonds is 7.